The molecule has 34 heavy (non-hydrogen) atoms. The molecule has 1 N–H and O–H groups in total. The first-order valence-electron chi connectivity index (χ1n) is 12.3. The van der Waals surface area contributed by atoms with Crippen molar-refractivity contribution in [2.24, 2.45) is 17.3 Å². The normalized spacial score (nSPS) is 18.9. The van der Waals surface area contributed by atoms with Crippen LogP contribution in [0.15, 0.2) is 12.1 Å². The molecule has 1 saturated carbocycles. The number of alkyl halides is 2. The fraction of sp³-hybridized carbons (Fsp3) is 0.654. The third-order valence-electron chi connectivity index (χ3n) is 6.48. The van der Waals surface area contributed by atoms with Gasteiger partial charge in [0.1, 0.15) is 0 Å². The van der Waals surface area contributed by atoms with Crippen molar-refractivity contribution < 1.29 is 18.3 Å². The van der Waals surface area contributed by atoms with Crippen LogP contribution in [0.1, 0.15) is 82.0 Å². The average Bonchev–Trinajstić information content (AvgIpc) is 3.08. The lowest BCUT2D eigenvalue weighted by Gasteiger charge is -2.26. The van der Waals surface area contributed by atoms with Crippen molar-refractivity contribution in [1.29, 1.82) is 0 Å². The van der Waals surface area contributed by atoms with Gasteiger partial charge in [-0.3, -0.25) is 9.48 Å². The molecule has 2 aromatic heterocycles. The van der Waals surface area contributed by atoms with Crippen LogP contribution in [-0.4, -0.2) is 33.8 Å². The van der Waals surface area contributed by atoms with Gasteiger partial charge in [0.05, 0.1) is 11.3 Å². The molecule has 1 aliphatic rings. The van der Waals surface area contributed by atoms with Crippen molar-refractivity contribution in [3.05, 3.63) is 29.1 Å². The van der Waals surface area contributed by atoms with E-state index in [-0.39, 0.29) is 17.2 Å². The maximum absolute atomic E-state index is 13.3. The lowest BCUT2D eigenvalue weighted by molar-refractivity contribution is -0.0525. The highest BCUT2D eigenvalue weighted by atomic mass is 19.3. The third-order valence-corrected chi connectivity index (χ3v) is 6.48. The molecule has 0 spiro atoms. The van der Waals surface area contributed by atoms with Gasteiger partial charge < -0.3 is 10.1 Å². The lowest BCUT2D eigenvalue weighted by Crippen LogP contribution is -2.31. The summed E-state index contributed by atoms with van der Waals surface area (Å²) in [6.07, 6.45) is 5.25. The summed E-state index contributed by atoms with van der Waals surface area (Å²) in [5.41, 5.74) is 2.53. The zero-order valence-corrected chi connectivity index (χ0v) is 21.3. The van der Waals surface area contributed by atoms with Gasteiger partial charge in [-0.2, -0.15) is 13.9 Å². The molecule has 1 aliphatic carbocycles. The van der Waals surface area contributed by atoms with Gasteiger partial charge in [0.15, 0.2) is 5.69 Å². The Morgan fingerprint density at radius 2 is 1.91 bits per heavy atom. The fourth-order valence-corrected chi connectivity index (χ4v) is 4.67. The number of nitrogens with one attached hydrogen (secondary N) is 1. The number of aryl methyl sites for hydroxylation is 1. The molecule has 6 nitrogen and oxygen atoms in total. The number of pyridine rings is 1. The molecule has 188 valence electrons. The van der Waals surface area contributed by atoms with E-state index in [1.807, 2.05) is 13.0 Å². The van der Waals surface area contributed by atoms with Gasteiger partial charge in [-0.05, 0) is 62.5 Å². The van der Waals surface area contributed by atoms with Crippen LogP contribution in [0.2, 0.25) is 0 Å². The largest absolute Gasteiger partial charge is 0.416 e. The molecule has 0 radical (unpaired) electrons. The number of carbonyl (C=O) groups is 1. The SMILES string of the molecule is CCn1nc(C(=O)NCC2CCC(C)CC2)c(C)c1-c1ccc(CC(C)(C)C)nc1OC(F)F. The molecule has 3 rings (SSSR count). The average molecular weight is 477 g/mol. The summed E-state index contributed by atoms with van der Waals surface area (Å²) in [5.74, 6) is 0.861. The van der Waals surface area contributed by atoms with Gasteiger partial charge in [-0.1, -0.05) is 40.5 Å². The molecular formula is C26H38F2N4O2. The predicted octanol–water partition coefficient (Wildman–Crippen LogP) is 6.02. The molecule has 0 aliphatic heterocycles. The van der Waals surface area contributed by atoms with Crippen LogP contribution < -0.4 is 10.1 Å². The van der Waals surface area contributed by atoms with Crippen molar-refractivity contribution >= 4 is 5.91 Å². The summed E-state index contributed by atoms with van der Waals surface area (Å²) in [7, 11) is 0. The zero-order valence-electron chi connectivity index (χ0n) is 21.3. The lowest BCUT2D eigenvalue weighted by atomic mass is 9.83. The van der Waals surface area contributed by atoms with Gasteiger partial charge in [-0.15, -0.1) is 0 Å². The minimum absolute atomic E-state index is 0.0562. The van der Waals surface area contributed by atoms with Crippen molar-refractivity contribution in [2.45, 2.75) is 86.8 Å². The summed E-state index contributed by atoms with van der Waals surface area (Å²) in [6, 6.07) is 3.57. The number of rotatable bonds is 8. The third kappa shape index (κ3) is 6.54. The number of ether oxygens (including phenoxy) is 1. The molecule has 0 aromatic carbocycles. The fourth-order valence-electron chi connectivity index (χ4n) is 4.67. The van der Waals surface area contributed by atoms with Crippen LogP contribution >= 0.6 is 0 Å². The summed E-state index contributed by atoms with van der Waals surface area (Å²) in [6.45, 7) is 10.2. The summed E-state index contributed by atoms with van der Waals surface area (Å²) in [5, 5.41) is 7.56. The van der Waals surface area contributed by atoms with E-state index in [1.54, 1.807) is 17.7 Å². The number of nitrogens with zero attached hydrogens (tertiary/aromatic N) is 3. The van der Waals surface area contributed by atoms with E-state index in [1.165, 1.54) is 12.8 Å². The van der Waals surface area contributed by atoms with Crippen molar-refractivity contribution in [3.8, 4) is 17.1 Å². The second-order valence-corrected chi connectivity index (χ2v) is 10.7. The van der Waals surface area contributed by atoms with Gasteiger partial charge in [-0.25, -0.2) is 4.98 Å². The second-order valence-electron chi connectivity index (χ2n) is 10.7. The molecule has 1 fully saturated rings. The van der Waals surface area contributed by atoms with E-state index >= 15 is 0 Å². The summed E-state index contributed by atoms with van der Waals surface area (Å²) in [4.78, 5) is 17.4. The first kappa shape index (κ1) is 26.1. The van der Waals surface area contributed by atoms with Crippen molar-refractivity contribution in [2.75, 3.05) is 6.54 Å². The highest BCUT2D eigenvalue weighted by Gasteiger charge is 2.26. The van der Waals surface area contributed by atoms with Gasteiger partial charge in [0.25, 0.3) is 5.91 Å². The Labute approximate surface area is 201 Å². The summed E-state index contributed by atoms with van der Waals surface area (Å²) < 4.78 is 33.0. The van der Waals surface area contributed by atoms with Crippen LogP contribution in [0.25, 0.3) is 11.3 Å². The molecule has 2 heterocycles. The number of aromatic nitrogens is 3. The van der Waals surface area contributed by atoms with Crippen LogP contribution in [0, 0.1) is 24.2 Å². The first-order valence-corrected chi connectivity index (χ1v) is 12.3. The standard InChI is InChI=1S/C26H38F2N4O2/c1-7-32-22(20-13-12-19(14-26(4,5)6)30-24(20)34-25(27)28)17(3)21(31-32)23(33)29-15-18-10-8-16(2)9-11-18/h12-13,16,18,25H,7-11,14-15H2,1-6H3,(H,29,33). The van der Waals surface area contributed by atoms with E-state index in [0.29, 0.717) is 53.6 Å². The Hall–Kier alpha value is -2.51. The van der Waals surface area contributed by atoms with Crippen molar-refractivity contribution in [3.63, 3.8) is 0 Å². The van der Waals surface area contributed by atoms with E-state index in [0.717, 1.165) is 18.8 Å². The van der Waals surface area contributed by atoms with Gasteiger partial charge in [0, 0.05) is 24.3 Å². The summed E-state index contributed by atoms with van der Waals surface area (Å²) >= 11 is 0. The Bertz CT molecular complexity index is 989. The number of carbonyl (C=O) groups excluding carboxylic acids is 1. The van der Waals surface area contributed by atoms with Crippen molar-refractivity contribution in [1.82, 2.24) is 20.1 Å². The molecule has 0 unspecified atom stereocenters. The van der Waals surface area contributed by atoms with Crippen LogP contribution in [0.4, 0.5) is 8.78 Å². The topological polar surface area (TPSA) is 69.0 Å². The predicted molar refractivity (Wildman–Crippen MR) is 129 cm³/mol. The molecular weight excluding hydrogens is 438 g/mol. The maximum Gasteiger partial charge on any atom is 0.388 e. The highest BCUT2D eigenvalue weighted by Crippen LogP contribution is 2.35. The van der Waals surface area contributed by atoms with E-state index in [9.17, 15) is 13.6 Å². The smallest absolute Gasteiger partial charge is 0.388 e. The number of hydrogen-bond acceptors (Lipinski definition) is 4. The minimum atomic E-state index is -3.00. The second kappa shape index (κ2) is 10.8. The zero-order chi connectivity index (χ0) is 25.0. The molecule has 1 amide bonds. The first-order chi connectivity index (χ1) is 16.0. The van der Waals surface area contributed by atoms with E-state index in [2.05, 4.69) is 43.1 Å². The monoisotopic (exact) mass is 476 g/mol. The number of hydrogen-bond donors (Lipinski definition) is 1. The van der Waals surface area contributed by atoms with E-state index in [4.69, 9.17) is 4.74 Å². The Balaban J connectivity index is 1.89. The molecule has 2 aromatic rings. The van der Waals surface area contributed by atoms with Crippen LogP contribution in [0.3, 0.4) is 0 Å². The minimum Gasteiger partial charge on any atom is -0.416 e. The van der Waals surface area contributed by atoms with E-state index < -0.39 is 6.61 Å². The maximum atomic E-state index is 13.3. The van der Waals surface area contributed by atoms with Gasteiger partial charge in [0.2, 0.25) is 5.88 Å². The Morgan fingerprint density at radius 3 is 2.50 bits per heavy atom. The van der Waals surface area contributed by atoms with Crippen LogP contribution in [-0.2, 0) is 13.0 Å². The Kier molecular flexibility index (Phi) is 8.31. The quantitative estimate of drug-likeness (QED) is 0.506. The number of halogens is 2. The van der Waals surface area contributed by atoms with Crippen LogP contribution in [0.5, 0.6) is 5.88 Å². The molecule has 0 bridgehead atoms. The molecule has 0 saturated heterocycles. The van der Waals surface area contributed by atoms with Gasteiger partial charge >= 0.3 is 6.61 Å². The highest BCUT2D eigenvalue weighted by molar-refractivity contribution is 5.95. The molecule has 8 heteroatoms. The molecule has 0 atom stereocenters. The number of amides is 1. The Morgan fingerprint density at radius 1 is 1.24 bits per heavy atom.